The van der Waals surface area contributed by atoms with E-state index < -0.39 is 11.5 Å². The van der Waals surface area contributed by atoms with Gasteiger partial charge in [0, 0.05) is 57.9 Å². The number of nitrogens with one attached hydrogen (secondary N) is 1. The van der Waals surface area contributed by atoms with Crippen molar-refractivity contribution >= 4 is 23.6 Å². The molecule has 170 valence electrons. The van der Waals surface area contributed by atoms with Crippen LogP contribution in [0.25, 0.3) is 0 Å². The summed E-state index contributed by atoms with van der Waals surface area (Å²) in [7, 11) is 0. The third-order valence-corrected chi connectivity index (χ3v) is 5.39. The minimum Gasteiger partial charge on any atom is -0.444 e. The van der Waals surface area contributed by atoms with E-state index >= 15 is 0 Å². The van der Waals surface area contributed by atoms with E-state index in [1.54, 1.807) is 17.0 Å². The van der Waals surface area contributed by atoms with Gasteiger partial charge in [0.2, 0.25) is 11.8 Å². The lowest BCUT2D eigenvalue weighted by atomic mass is 10.1. The number of ether oxygens (including phenoxy) is 1. The van der Waals surface area contributed by atoms with Gasteiger partial charge in [0.1, 0.15) is 11.4 Å². The SMILES string of the molecule is CC(C)(C)OC(=O)N1CCN(CCNC(=O)C2CC(=O)N(c3ccc(F)cc3)C2)CC1. The Balaban J connectivity index is 1.38. The van der Waals surface area contributed by atoms with Crippen molar-refractivity contribution in [3.05, 3.63) is 30.1 Å². The Morgan fingerprint density at radius 2 is 1.77 bits per heavy atom. The summed E-state index contributed by atoms with van der Waals surface area (Å²) < 4.78 is 18.5. The zero-order valence-corrected chi connectivity index (χ0v) is 18.4. The molecule has 8 nitrogen and oxygen atoms in total. The standard InChI is InChI=1S/C22H31FN4O4/c1-22(2,3)31-21(30)26-12-10-25(11-13-26)9-8-24-20(29)16-14-19(28)27(15-16)18-6-4-17(23)5-7-18/h4-7,16H,8-15H2,1-3H3,(H,24,29). The Hall–Kier alpha value is -2.68. The van der Waals surface area contributed by atoms with Gasteiger partial charge in [-0.1, -0.05) is 0 Å². The monoisotopic (exact) mass is 434 g/mol. The van der Waals surface area contributed by atoms with E-state index in [2.05, 4.69) is 10.2 Å². The number of halogens is 1. The number of amides is 3. The molecule has 1 unspecified atom stereocenters. The maximum atomic E-state index is 13.1. The van der Waals surface area contributed by atoms with E-state index in [0.29, 0.717) is 38.4 Å². The largest absolute Gasteiger partial charge is 0.444 e. The van der Waals surface area contributed by atoms with Crippen LogP contribution in [-0.4, -0.2) is 79.1 Å². The van der Waals surface area contributed by atoms with Crippen LogP contribution in [0.3, 0.4) is 0 Å². The first-order chi connectivity index (χ1) is 14.6. The van der Waals surface area contributed by atoms with Gasteiger partial charge in [0.05, 0.1) is 5.92 Å². The van der Waals surface area contributed by atoms with Gasteiger partial charge in [-0.15, -0.1) is 0 Å². The Kier molecular flexibility index (Phi) is 7.15. The molecule has 0 bridgehead atoms. The number of hydrogen-bond acceptors (Lipinski definition) is 5. The van der Waals surface area contributed by atoms with Crippen molar-refractivity contribution in [3.8, 4) is 0 Å². The molecule has 9 heteroatoms. The number of benzene rings is 1. The van der Waals surface area contributed by atoms with Gasteiger partial charge in [-0.3, -0.25) is 14.5 Å². The van der Waals surface area contributed by atoms with E-state index in [1.165, 1.54) is 17.0 Å². The molecule has 0 radical (unpaired) electrons. The number of carbonyl (C=O) groups excluding carboxylic acids is 3. The van der Waals surface area contributed by atoms with Gasteiger partial charge < -0.3 is 19.9 Å². The minimum absolute atomic E-state index is 0.134. The summed E-state index contributed by atoms with van der Waals surface area (Å²) in [6.45, 7) is 9.61. The Morgan fingerprint density at radius 3 is 2.39 bits per heavy atom. The van der Waals surface area contributed by atoms with E-state index in [-0.39, 0.29) is 30.1 Å². The van der Waals surface area contributed by atoms with Gasteiger partial charge >= 0.3 is 6.09 Å². The van der Waals surface area contributed by atoms with Crippen molar-refractivity contribution in [2.24, 2.45) is 5.92 Å². The van der Waals surface area contributed by atoms with Crippen molar-refractivity contribution in [2.45, 2.75) is 32.8 Å². The van der Waals surface area contributed by atoms with E-state index in [4.69, 9.17) is 4.74 Å². The van der Waals surface area contributed by atoms with Crippen LogP contribution in [-0.2, 0) is 14.3 Å². The second-order valence-electron chi connectivity index (χ2n) is 8.98. The van der Waals surface area contributed by atoms with Crippen LogP contribution in [0.15, 0.2) is 24.3 Å². The molecule has 0 aromatic heterocycles. The third kappa shape index (κ3) is 6.40. The van der Waals surface area contributed by atoms with Crippen molar-refractivity contribution < 1.29 is 23.5 Å². The second kappa shape index (κ2) is 9.64. The average molecular weight is 435 g/mol. The molecule has 1 aromatic carbocycles. The fraction of sp³-hybridized carbons (Fsp3) is 0.591. The highest BCUT2D eigenvalue weighted by Crippen LogP contribution is 2.25. The van der Waals surface area contributed by atoms with Crippen molar-refractivity contribution in [1.29, 1.82) is 0 Å². The van der Waals surface area contributed by atoms with Crippen LogP contribution in [0.2, 0.25) is 0 Å². The first kappa shape index (κ1) is 23.0. The molecule has 2 aliphatic heterocycles. The first-order valence-corrected chi connectivity index (χ1v) is 10.7. The topological polar surface area (TPSA) is 82.2 Å². The highest BCUT2D eigenvalue weighted by atomic mass is 19.1. The van der Waals surface area contributed by atoms with Crippen LogP contribution in [0.4, 0.5) is 14.9 Å². The van der Waals surface area contributed by atoms with Gasteiger partial charge in [0.25, 0.3) is 0 Å². The quantitative estimate of drug-likeness (QED) is 0.765. The molecule has 2 aliphatic rings. The van der Waals surface area contributed by atoms with Gasteiger partial charge in [0.15, 0.2) is 0 Å². The predicted molar refractivity (Wildman–Crippen MR) is 114 cm³/mol. The molecular formula is C22H31FN4O4. The van der Waals surface area contributed by atoms with E-state index in [1.807, 2.05) is 20.8 Å². The zero-order chi connectivity index (χ0) is 22.6. The Bertz CT molecular complexity index is 801. The molecular weight excluding hydrogens is 403 g/mol. The maximum absolute atomic E-state index is 13.1. The Labute approximate surface area is 182 Å². The number of nitrogens with zero attached hydrogens (tertiary/aromatic N) is 3. The van der Waals surface area contributed by atoms with Crippen LogP contribution < -0.4 is 10.2 Å². The predicted octanol–water partition coefficient (Wildman–Crippen LogP) is 1.85. The lowest BCUT2D eigenvalue weighted by molar-refractivity contribution is -0.126. The minimum atomic E-state index is -0.508. The van der Waals surface area contributed by atoms with Crippen LogP contribution >= 0.6 is 0 Å². The van der Waals surface area contributed by atoms with Crippen LogP contribution in [0.5, 0.6) is 0 Å². The molecule has 3 rings (SSSR count). The summed E-state index contributed by atoms with van der Waals surface area (Å²) in [6, 6.07) is 5.70. The lowest BCUT2D eigenvalue weighted by Gasteiger charge is -2.35. The number of piperazine rings is 1. The third-order valence-electron chi connectivity index (χ3n) is 5.39. The normalized spacial score (nSPS) is 20.1. The highest BCUT2D eigenvalue weighted by molar-refractivity contribution is 6.00. The summed E-state index contributed by atoms with van der Waals surface area (Å²) >= 11 is 0. The number of hydrogen-bond donors (Lipinski definition) is 1. The van der Waals surface area contributed by atoms with Crippen LogP contribution in [0.1, 0.15) is 27.2 Å². The molecule has 1 aromatic rings. The number of rotatable bonds is 5. The molecule has 2 fully saturated rings. The van der Waals surface area contributed by atoms with E-state index in [0.717, 1.165) is 13.1 Å². The number of carbonyl (C=O) groups is 3. The smallest absolute Gasteiger partial charge is 0.410 e. The zero-order valence-electron chi connectivity index (χ0n) is 18.4. The summed E-state index contributed by atoms with van der Waals surface area (Å²) in [6.07, 6.45) is -0.144. The summed E-state index contributed by atoms with van der Waals surface area (Å²) in [5, 5.41) is 2.91. The molecule has 0 aliphatic carbocycles. The Morgan fingerprint density at radius 1 is 1.13 bits per heavy atom. The summed E-state index contributed by atoms with van der Waals surface area (Å²) in [5.41, 5.74) is 0.0939. The molecule has 0 saturated carbocycles. The fourth-order valence-corrected chi connectivity index (χ4v) is 3.72. The molecule has 2 heterocycles. The van der Waals surface area contributed by atoms with Crippen LogP contribution in [0, 0.1) is 11.7 Å². The summed E-state index contributed by atoms with van der Waals surface area (Å²) in [4.78, 5) is 42.3. The highest BCUT2D eigenvalue weighted by Gasteiger charge is 2.35. The maximum Gasteiger partial charge on any atom is 0.410 e. The van der Waals surface area contributed by atoms with Gasteiger partial charge in [-0.05, 0) is 45.0 Å². The van der Waals surface area contributed by atoms with Crippen molar-refractivity contribution in [2.75, 3.05) is 50.7 Å². The molecule has 1 N–H and O–H groups in total. The first-order valence-electron chi connectivity index (χ1n) is 10.7. The van der Waals surface area contributed by atoms with E-state index in [9.17, 15) is 18.8 Å². The molecule has 2 saturated heterocycles. The summed E-state index contributed by atoms with van der Waals surface area (Å²) in [5.74, 6) is -1.06. The number of anilines is 1. The van der Waals surface area contributed by atoms with Crippen molar-refractivity contribution in [3.63, 3.8) is 0 Å². The van der Waals surface area contributed by atoms with Crippen molar-refractivity contribution in [1.82, 2.24) is 15.1 Å². The molecule has 1 atom stereocenters. The molecule has 0 spiro atoms. The fourth-order valence-electron chi connectivity index (χ4n) is 3.72. The molecule has 31 heavy (non-hydrogen) atoms. The molecule has 3 amide bonds. The van der Waals surface area contributed by atoms with Gasteiger partial charge in [-0.2, -0.15) is 0 Å². The average Bonchev–Trinajstić information content (AvgIpc) is 3.09. The lowest BCUT2D eigenvalue weighted by Crippen LogP contribution is -2.51. The second-order valence-corrected chi connectivity index (χ2v) is 8.98. The van der Waals surface area contributed by atoms with Gasteiger partial charge in [-0.25, -0.2) is 9.18 Å².